The van der Waals surface area contributed by atoms with Gasteiger partial charge in [-0.3, -0.25) is 4.90 Å². The molecule has 1 saturated heterocycles. The van der Waals surface area contributed by atoms with Crippen molar-refractivity contribution in [2.45, 2.75) is 52.7 Å². The zero-order valence-corrected chi connectivity index (χ0v) is 13.0. The Morgan fingerprint density at radius 1 is 1.21 bits per heavy atom. The minimum absolute atomic E-state index is 0.330. The van der Waals surface area contributed by atoms with E-state index in [0.29, 0.717) is 18.1 Å². The molecule has 0 radical (unpaired) electrons. The van der Waals surface area contributed by atoms with Gasteiger partial charge in [0.05, 0.1) is 11.4 Å². The second-order valence-corrected chi connectivity index (χ2v) is 6.13. The third kappa shape index (κ3) is 2.43. The first-order valence-corrected chi connectivity index (χ1v) is 7.14. The van der Waals surface area contributed by atoms with Gasteiger partial charge in [-0.05, 0) is 41.7 Å². The average molecular weight is 265 g/mol. The van der Waals surface area contributed by atoms with Crippen molar-refractivity contribution in [1.82, 2.24) is 14.7 Å². The number of nitrogens with two attached hydrogens (primary N) is 1. The third-order valence-corrected chi connectivity index (χ3v) is 4.25. The molecule has 0 saturated carbocycles. The summed E-state index contributed by atoms with van der Waals surface area (Å²) in [5.41, 5.74) is 8.02. The highest BCUT2D eigenvalue weighted by atomic mass is 15.4. The van der Waals surface area contributed by atoms with Crippen LogP contribution in [0.4, 0.5) is 11.5 Å². The Morgan fingerprint density at radius 3 is 2.21 bits per heavy atom. The molecule has 2 atom stereocenters. The molecule has 2 unspecified atom stereocenters. The summed E-state index contributed by atoms with van der Waals surface area (Å²) in [5.74, 6) is 1.10. The molecule has 108 valence electrons. The van der Waals surface area contributed by atoms with Crippen molar-refractivity contribution in [3.63, 3.8) is 0 Å². The van der Waals surface area contributed by atoms with Crippen LogP contribution in [0.1, 0.15) is 39.4 Å². The van der Waals surface area contributed by atoms with Crippen molar-refractivity contribution in [2.24, 2.45) is 0 Å². The summed E-state index contributed by atoms with van der Waals surface area (Å²) in [6.45, 7) is 12.8. The molecule has 0 spiro atoms. The molecule has 19 heavy (non-hydrogen) atoms. The van der Waals surface area contributed by atoms with E-state index in [0.717, 1.165) is 30.3 Å². The Kier molecular flexibility index (Phi) is 3.76. The van der Waals surface area contributed by atoms with Gasteiger partial charge in [0.1, 0.15) is 0 Å². The largest absolute Gasteiger partial charge is 0.394 e. The maximum atomic E-state index is 6.26. The van der Waals surface area contributed by atoms with Crippen molar-refractivity contribution < 1.29 is 0 Å². The van der Waals surface area contributed by atoms with E-state index in [9.17, 15) is 0 Å². The quantitative estimate of drug-likeness (QED) is 0.887. The summed E-state index contributed by atoms with van der Waals surface area (Å²) >= 11 is 0. The number of nitrogens with zero attached hydrogens (tertiary/aromatic N) is 4. The number of nitrogen functional groups attached to an aromatic ring is 1. The van der Waals surface area contributed by atoms with Crippen LogP contribution in [-0.4, -0.2) is 46.9 Å². The molecule has 2 N–H and O–H groups in total. The average Bonchev–Trinajstić information content (AvgIpc) is 2.62. The van der Waals surface area contributed by atoms with E-state index in [1.807, 2.05) is 6.92 Å². The molecule has 0 amide bonds. The summed E-state index contributed by atoms with van der Waals surface area (Å²) < 4.78 is 2.06. The first kappa shape index (κ1) is 14.2. The lowest BCUT2D eigenvalue weighted by Gasteiger charge is -2.43. The van der Waals surface area contributed by atoms with E-state index < -0.39 is 0 Å². The number of aromatic nitrogens is 2. The predicted molar refractivity (Wildman–Crippen MR) is 80.7 cm³/mol. The van der Waals surface area contributed by atoms with Crippen LogP contribution in [-0.2, 0) is 0 Å². The highest BCUT2D eigenvalue weighted by Crippen LogP contribution is 2.31. The topological polar surface area (TPSA) is 50.3 Å². The number of aryl methyl sites for hydroxylation is 1. The Balaban J connectivity index is 2.36. The maximum absolute atomic E-state index is 6.26. The second kappa shape index (κ2) is 5.04. The Morgan fingerprint density at radius 2 is 1.74 bits per heavy atom. The van der Waals surface area contributed by atoms with Gasteiger partial charge in [-0.25, -0.2) is 4.68 Å². The fourth-order valence-corrected chi connectivity index (χ4v) is 2.80. The molecule has 2 heterocycles. The van der Waals surface area contributed by atoms with Crippen molar-refractivity contribution in [1.29, 1.82) is 0 Å². The lowest BCUT2D eigenvalue weighted by molar-refractivity contribution is 0.169. The van der Waals surface area contributed by atoms with Crippen LogP contribution in [0.5, 0.6) is 0 Å². The third-order valence-electron chi connectivity index (χ3n) is 4.25. The van der Waals surface area contributed by atoms with Gasteiger partial charge < -0.3 is 10.6 Å². The van der Waals surface area contributed by atoms with E-state index >= 15 is 0 Å². The van der Waals surface area contributed by atoms with Crippen LogP contribution in [0.25, 0.3) is 0 Å². The predicted octanol–water partition coefficient (Wildman–Crippen LogP) is 1.88. The van der Waals surface area contributed by atoms with Gasteiger partial charge in [0.15, 0.2) is 5.82 Å². The molecule has 1 aliphatic heterocycles. The summed E-state index contributed by atoms with van der Waals surface area (Å²) in [4.78, 5) is 4.82. The molecule has 1 aliphatic rings. The first-order valence-electron chi connectivity index (χ1n) is 7.14. The number of rotatable bonds is 2. The van der Waals surface area contributed by atoms with Gasteiger partial charge in [0, 0.05) is 31.2 Å². The molecule has 2 rings (SSSR count). The molecule has 0 bridgehead atoms. The normalized spacial score (nSPS) is 25.3. The fraction of sp³-hybridized carbons (Fsp3) is 0.786. The summed E-state index contributed by atoms with van der Waals surface area (Å²) in [7, 11) is 2.20. The maximum Gasteiger partial charge on any atom is 0.151 e. The van der Waals surface area contributed by atoms with Crippen LogP contribution in [0, 0.1) is 6.92 Å². The van der Waals surface area contributed by atoms with Crippen LogP contribution in [0.3, 0.4) is 0 Å². The van der Waals surface area contributed by atoms with Gasteiger partial charge in [0.25, 0.3) is 0 Å². The first-order chi connectivity index (χ1) is 8.82. The number of anilines is 2. The van der Waals surface area contributed by atoms with E-state index in [-0.39, 0.29) is 0 Å². The lowest BCUT2D eigenvalue weighted by Crippen LogP contribution is -2.55. The standard InChI is InChI=1S/C14H27N5/c1-9(2)19-14(13(15)12(5)16-19)18-7-10(3)17(6)11(4)8-18/h9-11H,7-8,15H2,1-6H3. The van der Waals surface area contributed by atoms with Gasteiger partial charge in [0.2, 0.25) is 0 Å². The van der Waals surface area contributed by atoms with E-state index in [1.165, 1.54) is 0 Å². The zero-order valence-electron chi connectivity index (χ0n) is 13.0. The highest BCUT2D eigenvalue weighted by molar-refractivity contribution is 5.66. The monoisotopic (exact) mass is 265 g/mol. The smallest absolute Gasteiger partial charge is 0.151 e. The number of hydrogen-bond donors (Lipinski definition) is 1. The molecule has 1 aromatic rings. The number of hydrogen-bond acceptors (Lipinski definition) is 4. The van der Waals surface area contributed by atoms with Gasteiger partial charge in [-0.2, -0.15) is 5.10 Å². The van der Waals surface area contributed by atoms with Crippen LogP contribution in [0.15, 0.2) is 0 Å². The molecule has 1 aromatic heterocycles. The molecule has 0 aromatic carbocycles. The Hall–Kier alpha value is -1.23. The van der Waals surface area contributed by atoms with Gasteiger partial charge in [-0.1, -0.05) is 0 Å². The Bertz CT molecular complexity index is 439. The van der Waals surface area contributed by atoms with Crippen LogP contribution < -0.4 is 10.6 Å². The van der Waals surface area contributed by atoms with E-state index in [4.69, 9.17) is 5.73 Å². The SMILES string of the molecule is Cc1nn(C(C)C)c(N2CC(C)N(C)C(C)C2)c1N. The molecular formula is C14H27N5. The zero-order chi connectivity index (χ0) is 14.3. The van der Waals surface area contributed by atoms with E-state index in [1.54, 1.807) is 0 Å². The van der Waals surface area contributed by atoms with Crippen molar-refractivity contribution >= 4 is 11.5 Å². The van der Waals surface area contributed by atoms with Crippen molar-refractivity contribution in [3.05, 3.63) is 5.69 Å². The lowest BCUT2D eigenvalue weighted by atomic mass is 10.1. The summed E-state index contributed by atoms with van der Waals surface area (Å²) in [6, 6.07) is 1.38. The van der Waals surface area contributed by atoms with Crippen molar-refractivity contribution in [3.8, 4) is 0 Å². The molecular weight excluding hydrogens is 238 g/mol. The van der Waals surface area contributed by atoms with Crippen LogP contribution >= 0.6 is 0 Å². The minimum Gasteiger partial charge on any atom is -0.394 e. The molecule has 0 aliphatic carbocycles. The van der Waals surface area contributed by atoms with Crippen LogP contribution in [0.2, 0.25) is 0 Å². The van der Waals surface area contributed by atoms with Gasteiger partial charge in [-0.15, -0.1) is 0 Å². The fourth-order valence-electron chi connectivity index (χ4n) is 2.80. The molecule has 5 heteroatoms. The van der Waals surface area contributed by atoms with E-state index in [2.05, 4.69) is 54.3 Å². The Labute approximate surface area is 116 Å². The van der Waals surface area contributed by atoms with Crippen molar-refractivity contribution in [2.75, 3.05) is 30.8 Å². The summed E-state index contributed by atoms with van der Waals surface area (Å²) in [5, 5.41) is 4.59. The molecule has 5 nitrogen and oxygen atoms in total. The second-order valence-electron chi connectivity index (χ2n) is 6.13. The number of likely N-dealkylation sites (N-methyl/N-ethyl adjacent to an activating group) is 1. The summed E-state index contributed by atoms with van der Waals surface area (Å²) in [6.07, 6.45) is 0. The molecule has 1 fully saturated rings. The highest BCUT2D eigenvalue weighted by Gasteiger charge is 2.30. The minimum atomic E-state index is 0.330. The number of piperazine rings is 1. The van der Waals surface area contributed by atoms with Gasteiger partial charge >= 0.3 is 0 Å².